The zero-order chi connectivity index (χ0) is 13.1. The highest BCUT2D eigenvalue weighted by molar-refractivity contribution is 6.29. The zero-order valence-corrected chi connectivity index (χ0v) is 10.1. The van der Waals surface area contributed by atoms with Crippen LogP contribution in [-0.2, 0) is 0 Å². The van der Waals surface area contributed by atoms with Gasteiger partial charge in [0.05, 0.1) is 4.92 Å². The predicted molar refractivity (Wildman–Crippen MR) is 65.5 cm³/mol. The average molecular weight is 268 g/mol. The number of pyridine rings is 1. The van der Waals surface area contributed by atoms with Crippen molar-refractivity contribution in [2.45, 2.75) is 18.9 Å². The van der Waals surface area contributed by atoms with Gasteiger partial charge in [-0.25, -0.2) is 4.98 Å². The van der Waals surface area contributed by atoms with Crippen molar-refractivity contribution < 1.29 is 9.72 Å². The number of carbonyl (C=O) groups is 1. The van der Waals surface area contributed by atoms with E-state index in [0.29, 0.717) is 0 Å². The molecular formula is C11H10ClN3O3. The summed E-state index contributed by atoms with van der Waals surface area (Å²) in [6, 6.07) is 1.20. The van der Waals surface area contributed by atoms with Crippen molar-refractivity contribution in [2.75, 3.05) is 0 Å². The molecule has 0 unspecified atom stereocenters. The number of nitrogens with one attached hydrogen (secondary N) is 1. The second-order valence-corrected chi connectivity index (χ2v) is 4.28. The third kappa shape index (κ3) is 2.65. The molecule has 18 heavy (non-hydrogen) atoms. The van der Waals surface area contributed by atoms with Gasteiger partial charge < -0.3 is 5.32 Å². The molecule has 6 nitrogen and oxygen atoms in total. The van der Waals surface area contributed by atoms with Gasteiger partial charge in [-0.05, 0) is 18.9 Å². The van der Waals surface area contributed by atoms with Crippen molar-refractivity contribution in [2.24, 2.45) is 0 Å². The Balaban J connectivity index is 2.22. The number of nitro groups is 1. The molecule has 94 valence electrons. The lowest BCUT2D eigenvalue weighted by atomic mass is 10.2. The number of hydrogen-bond donors (Lipinski definition) is 1. The Kier molecular flexibility index (Phi) is 3.57. The molecule has 0 aliphatic heterocycles. The Hall–Kier alpha value is -1.95. The maximum Gasteiger partial charge on any atom is 0.300 e. The second kappa shape index (κ2) is 5.14. The Labute approximate surface area is 108 Å². The summed E-state index contributed by atoms with van der Waals surface area (Å²) in [6.07, 6.45) is 6.37. The minimum Gasteiger partial charge on any atom is -0.348 e. The molecule has 1 aromatic rings. The lowest BCUT2D eigenvalue weighted by molar-refractivity contribution is -0.385. The van der Waals surface area contributed by atoms with E-state index < -0.39 is 10.8 Å². The van der Waals surface area contributed by atoms with Crippen molar-refractivity contribution in [3.63, 3.8) is 0 Å². The van der Waals surface area contributed by atoms with Crippen molar-refractivity contribution >= 4 is 23.2 Å². The number of amides is 1. The van der Waals surface area contributed by atoms with E-state index in [1.807, 2.05) is 12.2 Å². The van der Waals surface area contributed by atoms with Crippen molar-refractivity contribution in [3.8, 4) is 0 Å². The first kappa shape index (κ1) is 12.5. The van der Waals surface area contributed by atoms with Crippen LogP contribution in [0.2, 0.25) is 5.15 Å². The summed E-state index contributed by atoms with van der Waals surface area (Å²) in [5.74, 6) is -0.500. The van der Waals surface area contributed by atoms with E-state index in [-0.39, 0.29) is 22.4 Å². The van der Waals surface area contributed by atoms with Gasteiger partial charge in [0.25, 0.3) is 11.6 Å². The quantitative estimate of drug-likeness (QED) is 0.393. The molecule has 0 aromatic carbocycles. The third-order valence-corrected chi connectivity index (χ3v) is 2.84. The summed E-state index contributed by atoms with van der Waals surface area (Å²) in [4.78, 5) is 25.7. The van der Waals surface area contributed by atoms with Gasteiger partial charge in [0.15, 0.2) is 0 Å². The number of rotatable bonds is 3. The van der Waals surface area contributed by atoms with Crippen LogP contribution in [0.25, 0.3) is 0 Å². The van der Waals surface area contributed by atoms with Crippen LogP contribution in [0.5, 0.6) is 0 Å². The Morgan fingerprint density at radius 1 is 1.50 bits per heavy atom. The van der Waals surface area contributed by atoms with Crippen molar-refractivity contribution in [1.82, 2.24) is 10.3 Å². The van der Waals surface area contributed by atoms with Gasteiger partial charge in [0.1, 0.15) is 16.9 Å². The van der Waals surface area contributed by atoms with Gasteiger partial charge in [-0.1, -0.05) is 23.8 Å². The molecule has 7 heteroatoms. The van der Waals surface area contributed by atoms with Crippen molar-refractivity contribution in [1.29, 1.82) is 0 Å². The monoisotopic (exact) mass is 267 g/mol. The maximum absolute atomic E-state index is 11.9. The first-order valence-corrected chi connectivity index (χ1v) is 5.71. The SMILES string of the molecule is O=C(NC1CC=CC1)c1cc(Cl)ncc1[N+](=O)[O-]. The van der Waals surface area contributed by atoms with Gasteiger partial charge in [-0.15, -0.1) is 0 Å². The first-order chi connectivity index (χ1) is 8.58. The van der Waals surface area contributed by atoms with E-state index in [1.165, 1.54) is 6.07 Å². The molecule has 0 bridgehead atoms. The molecule has 0 fully saturated rings. The fraction of sp³-hybridized carbons (Fsp3) is 0.273. The Morgan fingerprint density at radius 3 is 2.78 bits per heavy atom. The van der Waals surface area contributed by atoms with Crippen LogP contribution >= 0.6 is 11.6 Å². The molecule has 0 atom stereocenters. The highest BCUT2D eigenvalue weighted by atomic mass is 35.5. The fourth-order valence-corrected chi connectivity index (χ4v) is 1.91. The minimum atomic E-state index is -0.648. The van der Waals surface area contributed by atoms with Crippen molar-refractivity contribution in [3.05, 3.63) is 45.2 Å². The van der Waals surface area contributed by atoms with Crippen LogP contribution in [0.4, 0.5) is 5.69 Å². The molecule has 0 saturated carbocycles. The average Bonchev–Trinajstić information content (AvgIpc) is 2.81. The standard InChI is InChI=1S/C11H10ClN3O3/c12-10-5-8(9(6-13-10)15(17)18)11(16)14-7-3-1-2-4-7/h1-2,5-7H,3-4H2,(H,14,16). The molecule has 1 amide bonds. The Morgan fingerprint density at radius 2 is 2.17 bits per heavy atom. The Bertz CT molecular complexity index is 522. The molecule has 1 N–H and O–H groups in total. The molecule has 0 saturated heterocycles. The van der Waals surface area contributed by atoms with E-state index in [0.717, 1.165) is 19.0 Å². The number of carbonyl (C=O) groups excluding carboxylic acids is 1. The van der Waals surface area contributed by atoms with Crippen LogP contribution in [-0.4, -0.2) is 21.9 Å². The fourth-order valence-electron chi connectivity index (χ4n) is 1.75. The molecule has 0 radical (unpaired) electrons. The number of hydrogen-bond acceptors (Lipinski definition) is 4. The van der Waals surface area contributed by atoms with Crippen LogP contribution in [0.1, 0.15) is 23.2 Å². The van der Waals surface area contributed by atoms with Crippen LogP contribution < -0.4 is 5.32 Å². The van der Waals surface area contributed by atoms with Crippen LogP contribution in [0.3, 0.4) is 0 Å². The first-order valence-electron chi connectivity index (χ1n) is 5.33. The molecule has 1 aromatic heterocycles. The summed E-state index contributed by atoms with van der Waals surface area (Å²) in [6.45, 7) is 0. The van der Waals surface area contributed by atoms with E-state index in [9.17, 15) is 14.9 Å². The molecule has 1 aliphatic rings. The van der Waals surface area contributed by atoms with E-state index >= 15 is 0 Å². The van der Waals surface area contributed by atoms with Gasteiger partial charge in [-0.2, -0.15) is 0 Å². The highest BCUT2D eigenvalue weighted by Gasteiger charge is 2.23. The maximum atomic E-state index is 11.9. The van der Waals surface area contributed by atoms with Crippen LogP contribution in [0.15, 0.2) is 24.4 Å². The molecule has 1 heterocycles. The van der Waals surface area contributed by atoms with E-state index in [1.54, 1.807) is 0 Å². The molecule has 2 rings (SSSR count). The molecule has 0 spiro atoms. The lowest BCUT2D eigenvalue weighted by Crippen LogP contribution is -2.33. The predicted octanol–water partition coefficient (Wildman–Crippen LogP) is 2.09. The number of halogens is 1. The highest BCUT2D eigenvalue weighted by Crippen LogP contribution is 2.21. The van der Waals surface area contributed by atoms with E-state index in [4.69, 9.17) is 11.6 Å². The van der Waals surface area contributed by atoms with Gasteiger partial charge in [-0.3, -0.25) is 14.9 Å². The second-order valence-electron chi connectivity index (χ2n) is 3.89. The zero-order valence-electron chi connectivity index (χ0n) is 9.30. The molecular weight excluding hydrogens is 258 g/mol. The summed E-state index contributed by atoms with van der Waals surface area (Å²) < 4.78 is 0. The topological polar surface area (TPSA) is 85.1 Å². The molecule has 1 aliphatic carbocycles. The smallest absolute Gasteiger partial charge is 0.300 e. The minimum absolute atomic E-state index is 0.0101. The summed E-state index contributed by atoms with van der Waals surface area (Å²) in [5, 5.41) is 13.6. The van der Waals surface area contributed by atoms with Crippen LogP contribution in [0, 0.1) is 10.1 Å². The summed E-state index contributed by atoms with van der Waals surface area (Å²) in [7, 11) is 0. The van der Waals surface area contributed by atoms with Gasteiger partial charge >= 0.3 is 0 Å². The lowest BCUT2D eigenvalue weighted by Gasteiger charge is -2.11. The summed E-state index contributed by atoms with van der Waals surface area (Å²) >= 11 is 5.66. The van der Waals surface area contributed by atoms with Gasteiger partial charge in [0, 0.05) is 6.04 Å². The summed E-state index contributed by atoms with van der Waals surface area (Å²) in [5.41, 5.74) is -0.408. The number of nitrogens with zero attached hydrogens (tertiary/aromatic N) is 2. The van der Waals surface area contributed by atoms with E-state index in [2.05, 4.69) is 10.3 Å². The largest absolute Gasteiger partial charge is 0.348 e. The normalized spacial score (nSPS) is 14.7. The van der Waals surface area contributed by atoms with Gasteiger partial charge in [0.2, 0.25) is 0 Å². The number of aromatic nitrogens is 1. The third-order valence-electron chi connectivity index (χ3n) is 2.63.